The predicted molar refractivity (Wildman–Crippen MR) is 22.5 cm³/mol. The van der Waals surface area contributed by atoms with Crippen LogP contribution in [0.4, 0.5) is 0 Å². The van der Waals surface area contributed by atoms with Crippen LogP contribution in [0.2, 0.25) is 0 Å². The molecule has 0 amide bonds. The second kappa shape index (κ2) is 2.90. The van der Waals surface area contributed by atoms with Crippen LogP contribution in [0, 0.1) is 0 Å². The maximum absolute atomic E-state index is 3.67. The van der Waals surface area contributed by atoms with Gasteiger partial charge in [-0.05, 0) is 6.92 Å². The van der Waals surface area contributed by atoms with Gasteiger partial charge in [0.2, 0.25) is 0 Å². The first-order valence-electron chi connectivity index (χ1n) is 1.80. The first-order chi connectivity index (χ1) is 2.89. The minimum atomic E-state index is 0. The molecule has 0 bridgehead atoms. The van der Waals surface area contributed by atoms with E-state index in [0.717, 1.165) is 5.70 Å². The van der Waals surface area contributed by atoms with Gasteiger partial charge in [0.15, 0.2) is 0 Å². The van der Waals surface area contributed by atoms with E-state index in [-0.39, 0.29) is 21.1 Å². The first-order valence-corrected chi connectivity index (χ1v) is 1.80. The predicted octanol–water partition coefficient (Wildman–Crippen LogP) is 0.633. The molecule has 1 aliphatic rings. The van der Waals surface area contributed by atoms with Gasteiger partial charge in [-0.2, -0.15) is 0 Å². The summed E-state index contributed by atoms with van der Waals surface area (Å²) in [6.07, 6.45) is 3.54. The molecular formula is C4H5N2Pt+. The molecule has 0 saturated heterocycles. The van der Waals surface area contributed by atoms with E-state index in [1.807, 2.05) is 13.0 Å². The zero-order chi connectivity index (χ0) is 4.41. The van der Waals surface area contributed by atoms with Crippen LogP contribution in [0.5, 0.6) is 0 Å². The molecule has 0 atom stereocenters. The molecule has 1 aliphatic heterocycles. The number of hydrogen-bond acceptors (Lipinski definition) is 1. The number of allylic oxidation sites excluding steroid dienone is 2. The summed E-state index contributed by atoms with van der Waals surface area (Å²) in [5, 5.41) is 3.67. The summed E-state index contributed by atoms with van der Waals surface area (Å²) in [6, 6.07) is 0. The van der Waals surface area contributed by atoms with Gasteiger partial charge in [0.1, 0.15) is 10.8 Å². The second-order valence-corrected chi connectivity index (χ2v) is 1.17. The van der Waals surface area contributed by atoms with Crippen molar-refractivity contribution >= 4 is 6.21 Å². The van der Waals surface area contributed by atoms with Gasteiger partial charge >= 0.3 is 6.21 Å². The molecule has 0 fully saturated rings. The molecule has 0 aliphatic carbocycles. The molecule has 2 nitrogen and oxygen atoms in total. The van der Waals surface area contributed by atoms with Crippen LogP contribution in [-0.4, -0.2) is 11.0 Å². The van der Waals surface area contributed by atoms with E-state index in [9.17, 15) is 0 Å². The molecule has 1 heterocycles. The van der Waals surface area contributed by atoms with Gasteiger partial charge in [0, 0.05) is 21.1 Å². The zero-order valence-corrected chi connectivity index (χ0v) is 6.14. The van der Waals surface area contributed by atoms with Gasteiger partial charge in [-0.25, -0.2) is 0 Å². The fourth-order valence-electron chi connectivity index (χ4n) is 0.299. The summed E-state index contributed by atoms with van der Waals surface area (Å²) < 4.78 is 0. The molecule has 0 unspecified atom stereocenters. The number of nitrogens with zero attached hydrogens (tertiary/aromatic N) is 2. The van der Waals surface area contributed by atoms with Crippen molar-refractivity contribution in [3.05, 3.63) is 11.8 Å². The van der Waals surface area contributed by atoms with Gasteiger partial charge in [-0.1, -0.05) is 0 Å². The Labute approximate surface area is 56.3 Å². The molecule has 0 radical (unpaired) electrons. The van der Waals surface area contributed by atoms with E-state index in [0.29, 0.717) is 0 Å². The molecule has 0 saturated carbocycles. The molecule has 1 rings (SSSR count). The third kappa shape index (κ3) is 1.82. The fourth-order valence-corrected chi connectivity index (χ4v) is 0.299. The molecule has 0 aromatic carbocycles. The van der Waals surface area contributed by atoms with Crippen molar-refractivity contribution in [1.29, 1.82) is 0 Å². The van der Waals surface area contributed by atoms with E-state index < -0.39 is 0 Å². The van der Waals surface area contributed by atoms with Crippen molar-refractivity contribution in [3.63, 3.8) is 0 Å². The Bertz CT molecular complexity index is 142. The molecule has 0 aromatic rings. The van der Waals surface area contributed by atoms with Crippen LogP contribution in [0.3, 0.4) is 0 Å². The van der Waals surface area contributed by atoms with Crippen LogP contribution in [0.15, 0.2) is 16.9 Å². The van der Waals surface area contributed by atoms with Crippen molar-refractivity contribution < 1.29 is 25.9 Å². The molecule has 0 aromatic heterocycles. The molecular weight excluding hydrogens is 271 g/mol. The first kappa shape index (κ1) is 6.81. The molecule has 7 heavy (non-hydrogen) atoms. The van der Waals surface area contributed by atoms with Crippen molar-refractivity contribution in [2.75, 3.05) is 0 Å². The average molecular weight is 276 g/mol. The topological polar surface area (TPSA) is 26.5 Å². The third-order valence-corrected chi connectivity index (χ3v) is 0.598. The van der Waals surface area contributed by atoms with Crippen LogP contribution in [-0.2, 0) is 21.1 Å². The van der Waals surface area contributed by atoms with Gasteiger partial charge in [0.25, 0.3) is 0 Å². The van der Waals surface area contributed by atoms with E-state index >= 15 is 0 Å². The quantitative estimate of drug-likeness (QED) is 0.580. The van der Waals surface area contributed by atoms with Crippen LogP contribution < -0.4 is 0 Å². The van der Waals surface area contributed by atoms with Gasteiger partial charge < -0.3 is 0 Å². The number of rotatable bonds is 0. The van der Waals surface area contributed by atoms with Crippen molar-refractivity contribution in [2.24, 2.45) is 5.11 Å². The SMILES string of the molecule is CC1=CC=[N+]=N1.[Pt]. The molecule has 40 valence electrons. The van der Waals surface area contributed by atoms with Crippen molar-refractivity contribution in [1.82, 2.24) is 0 Å². The summed E-state index contributed by atoms with van der Waals surface area (Å²) in [6.45, 7) is 1.91. The molecule has 3 heteroatoms. The van der Waals surface area contributed by atoms with Crippen LogP contribution >= 0.6 is 0 Å². The Morgan fingerprint density at radius 1 is 1.71 bits per heavy atom. The molecule has 0 spiro atoms. The van der Waals surface area contributed by atoms with Gasteiger partial charge in [-0.3, -0.25) is 0 Å². The summed E-state index contributed by atoms with van der Waals surface area (Å²) >= 11 is 0. The standard InChI is InChI=1S/C4H5N2.Pt/c1-4-2-3-5-6-4;/h2-3H,1H3;/q+1;. The smallest absolute Gasteiger partial charge is 0.0147 e. The average Bonchev–Trinajstić information content (AvgIpc) is 1.86. The summed E-state index contributed by atoms with van der Waals surface area (Å²) in [5.41, 5.74) is 0.981. The monoisotopic (exact) mass is 276 g/mol. The van der Waals surface area contributed by atoms with Crippen molar-refractivity contribution in [3.8, 4) is 0 Å². The summed E-state index contributed by atoms with van der Waals surface area (Å²) in [7, 11) is 0. The maximum atomic E-state index is 3.67. The Kier molecular flexibility index (Phi) is 2.82. The maximum Gasteiger partial charge on any atom is 0.332 e. The van der Waals surface area contributed by atoms with Gasteiger partial charge in [-0.15, -0.1) is 0 Å². The van der Waals surface area contributed by atoms with E-state index in [2.05, 4.69) is 9.90 Å². The zero-order valence-electron chi connectivity index (χ0n) is 3.87. The summed E-state index contributed by atoms with van der Waals surface area (Å²) in [4.78, 5) is 3.57. The van der Waals surface area contributed by atoms with E-state index in [1.165, 1.54) is 0 Å². The number of hydrogen-bond donors (Lipinski definition) is 0. The normalized spacial score (nSPS) is 13.6. The Morgan fingerprint density at radius 3 is 2.57 bits per heavy atom. The molecule has 0 N–H and O–H groups in total. The van der Waals surface area contributed by atoms with Crippen LogP contribution in [0.25, 0.3) is 0 Å². The minimum Gasteiger partial charge on any atom is -0.0147 e. The van der Waals surface area contributed by atoms with E-state index in [4.69, 9.17) is 0 Å². The van der Waals surface area contributed by atoms with Gasteiger partial charge in [0.05, 0.1) is 10.9 Å². The van der Waals surface area contributed by atoms with E-state index in [1.54, 1.807) is 6.21 Å². The third-order valence-electron chi connectivity index (χ3n) is 0.598. The minimum absolute atomic E-state index is 0. The summed E-state index contributed by atoms with van der Waals surface area (Å²) in [5.74, 6) is 0. The Morgan fingerprint density at radius 2 is 2.43 bits per heavy atom. The second-order valence-electron chi connectivity index (χ2n) is 1.17. The Hall–Kier alpha value is -0.192. The largest absolute Gasteiger partial charge is 0.332 e. The van der Waals surface area contributed by atoms with Crippen LogP contribution in [0.1, 0.15) is 6.92 Å². The Balaban J connectivity index is 0.000000360. The van der Waals surface area contributed by atoms with Crippen molar-refractivity contribution in [2.45, 2.75) is 6.92 Å². The fraction of sp³-hybridized carbons (Fsp3) is 0.250.